The zero-order valence-corrected chi connectivity index (χ0v) is 15.3. The fraction of sp³-hybridized carbons (Fsp3) is 0.647. The topological polar surface area (TPSA) is 86.6 Å². The summed E-state index contributed by atoms with van der Waals surface area (Å²) < 4.78 is 24.1. The largest absolute Gasteiger partial charge is 0.508 e. The van der Waals surface area contributed by atoms with Crippen LogP contribution in [-0.4, -0.2) is 36.5 Å². The molecule has 1 unspecified atom stereocenters. The van der Waals surface area contributed by atoms with Gasteiger partial charge < -0.3 is 15.5 Å². The Morgan fingerprint density at radius 2 is 1.91 bits per heavy atom. The highest BCUT2D eigenvalue weighted by atomic mass is 32.2. The van der Waals surface area contributed by atoms with Crippen LogP contribution >= 0.6 is 0 Å². The van der Waals surface area contributed by atoms with Crippen molar-refractivity contribution in [1.82, 2.24) is 5.32 Å². The molecule has 0 amide bonds. The van der Waals surface area contributed by atoms with Crippen LogP contribution in [0.4, 0.5) is 0 Å². The standard InChI is InChI=1S/C17H29NO4S/c1-5-6-9-23(21,22)12-14-10-13(7-8-15(14)19)16(20)11-18-17(2,3)4/h7-8,10,16,18-20H,5-6,9,11-12H2,1-4H3. The van der Waals surface area contributed by atoms with E-state index in [1.165, 1.54) is 6.07 Å². The van der Waals surface area contributed by atoms with Gasteiger partial charge in [0, 0.05) is 17.6 Å². The van der Waals surface area contributed by atoms with Crippen LogP contribution in [-0.2, 0) is 15.6 Å². The number of nitrogens with one attached hydrogen (secondary N) is 1. The highest BCUT2D eigenvalue weighted by Gasteiger charge is 2.18. The van der Waals surface area contributed by atoms with Gasteiger partial charge >= 0.3 is 0 Å². The molecule has 0 aliphatic carbocycles. The average Bonchev–Trinajstić information content (AvgIpc) is 2.44. The van der Waals surface area contributed by atoms with Crippen molar-refractivity contribution in [1.29, 1.82) is 0 Å². The third-order valence-corrected chi connectivity index (χ3v) is 5.16. The summed E-state index contributed by atoms with van der Waals surface area (Å²) in [4.78, 5) is 0. The zero-order valence-electron chi connectivity index (χ0n) is 14.5. The van der Waals surface area contributed by atoms with Gasteiger partial charge in [-0.15, -0.1) is 0 Å². The Hall–Kier alpha value is -1.11. The predicted molar refractivity (Wildman–Crippen MR) is 93.2 cm³/mol. The molecule has 0 heterocycles. The quantitative estimate of drug-likeness (QED) is 0.675. The van der Waals surface area contributed by atoms with Crippen molar-refractivity contribution in [3.63, 3.8) is 0 Å². The van der Waals surface area contributed by atoms with Gasteiger partial charge in [-0.3, -0.25) is 0 Å². The maximum Gasteiger partial charge on any atom is 0.154 e. The zero-order chi connectivity index (χ0) is 17.7. The minimum absolute atomic E-state index is 0.0511. The molecule has 23 heavy (non-hydrogen) atoms. The summed E-state index contributed by atoms with van der Waals surface area (Å²) >= 11 is 0. The van der Waals surface area contributed by atoms with Crippen LogP contribution in [0, 0.1) is 0 Å². The van der Waals surface area contributed by atoms with Crippen LogP contribution in [0.2, 0.25) is 0 Å². The molecule has 0 radical (unpaired) electrons. The Bertz CT molecular complexity index is 606. The molecule has 0 aliphatic heterocycles. The van der Waals surface area contributed by atoms with Gasteiger partial charge in [0.1, 0.15) is 5.75 Å². The van der Waals surface area contributed by atoms with Crippen molar-refractivity contribution in [3.8, 4) is 5.75 Å². The minimum Gasteiger partial charge on any atom is -0.508 e. The molecule has 5 nitrogen and oxygen atoms in total. The minimum atomic E-state index is -3.25. The first kappa shape index (κ1) is 19.9. The number of aromatic hydroxyl groups is 1. The molecular formula is C17H29NO4S. The molecule has 132 valence electrons. The van der Waals surface area contributed by atoms with Crippen molar-refractivity contribution >= 4 is 9.84 Å². The second-order valence-corrected chi connectivity index (χ2v) is 9.16. The molecule has 0 fully saturated rings. The second kappa shape index (κ2) is 8.13. The molecule has 0 bridgehead atoms. The van der Waals surface area contributed by atoms with E-state index in [9.17, 15) is 18.6 Å². The van der Waals surface area contributed by atoms with E-state index in [4.69, 9.17) is 0 Å². The molecule has 0 spiro atoms. The lowest BCUT2D eigenvalue weighted by atomic mass is 10.0. The molecule has 6 heteroatoms. The third kappa shape index (κ3) is 7.33. The Morgan fingerprint density at radius 3 is 2.48 bits per heavy atom. The fourth-order valence-electron chi connectivity index (χ4n) is 2.12. The summed E-state index contributed by atoms with van der Waals surface area (Å²) in [6.07, 6.45) is 0.663. The number of benzene rings is 1. The number of rotatable bonds is 8. The molecule has 0 aromatic heterocycles. The van der Waals surface area contributed by atoms with E-state index in [0.29, 0.717) is 24.1 Å². The first-order valence-electron chi connectivity index (χ1n) is 7.99. The Labute approximate surface area is 139 Å². The van der Waals surface area contributed by atoms with Crippen molar-refractivity contribution < 1.29 is 18.6 Å². The monoisotopic (exact) mass is 343 g/mol. The van der Waals surface area contributed by atoms with E-state index in [1.807, 2.05) is 27.7 Å². The van der Waals surface area contributed by atoms with Crippen molar-refractivity contribution in [2.75, 3.05) is 12.3 Å². The smallest absolute Gasteiger partial charge is 0.154 e. The number of phenolic OH excluding ortho intramolecular Hbond substituents is 1. The number of unbranched alkanes of at least 4 members (excludes halogenated alkanes) is 1. The molecule has 0 aliphatic rings. The Morgan fingerprint density at radius 1 is 1.26 bits per heavy atom. The number of aliphatic hydroxyl groups excluding tert-OH is 1. The summed E-state index contributed by atoms with van der Waals surface area (Å²) in [6.45, 7) is 8.30. The Kier molecular flexibility index (Phi) is 7.04. The van der Waals surface area contributed by atoms with Crippen LogP contribution in [0.3, 0.4) is 0 Å². The van der Waals surface area contributed by atoms with E-state index in [0.717, 1.165) is 6.42 Å². The normalized spacial score (nSPS) is 14.0. The fourth-order valence-corrected chi connectivity index (χ4v) is 3.70. The van der Waals surface area contributed by atoms with Gasteiger partial charge in [0.2, 0.25) is 0 Å². The summed E-state index contributed by atoms with van der Waals surface area (Å²) in [5.74, 6) is -0.141. The number of aliphatic hydroxyl groups is 1. The lowest BCUT2D eigenvalue weighted by Gasteiger charge is -2.23. The molecule has 1 aromatic carbocycles. The van der Waals surface area contributed by atoms with Crippen molar-refractivity contribution in [2.24, 2.45) is 0 Å². The molecule has 1 rings (SSSR count). The number of hydrogen-bond donors (Lipinski definition) is 3. The summed E-state index contributed by atoms with van der Waals surface area (Å²) in [5, 5.41) is 23.3. The van der Waals surface area contributed by atoms with Gasteiger partial charge in [-0.05, 0) is 44.9 Å². The number of β-amino-alcohol motifs (C(OH)–C–C–N with tert-alkyl or cyclic N) is 1. The molecular weight excluding hydrogens is 314 g/mol. The van der Waals surface area contributed by atoms with Gasteiger partial charge in [0.05, 0.1) is 17.6 Å². The first-order valence-corrected chi connectivity index (χ1v) is 9.81. The number of phenols is 1. The SMILES string of the molecule is CCCCS(=O)(=O)Cc1cc(C(O)CNC(C)(C)C)ccc1O. The summed E-state index contributed by atoms with van der Waals surface area (Å²) in [6, 6.07) is 4.64. The molecule has 3 N–H and O–H groups in total. The second-order valence-electron chi connectivity index (χ2n) is 6.98. The van der Waals surface area contributed by atoms with E-state index < -0.39 is 15.9 Å². The van der Waals surface area contributed by atoms with Crippen LogP contribution < -0.4 is 5.32 Å². The predicted octanol–water partition coefficient (Wildman–Crippen LogP) is 2.53. The molecule has 1 aromatic rings. The Balaban J connectivity index is 2.86. The lowest BCUT2D eigenvalue weighted by molar-refractivity contribution is 0.163. The summed E-state index contributed by atoms with van der Waals surface area (Å²) in [7, 11) is -3.25. The van der Waals surface area contributed by atoms with Gasteiger partial charge in [0.25, 0.3) is 0 Å². The maximum atomic E-state index is 12.1. The average molecular weight is 343 g/mol. The van der Waals surface area contributed by atoms with Crippen LogP contribution in [0.5, 0.6) is 5.75 Å². The lowest BCUT2D eigenvalue weighted by Crippen LogP contribution is -2.38. The number of sulfone groups is 1. The first-order chi connectivity index (χ1) is 10.5. The van der Waals surface area contributed by atoms with Gasteiger partial charge in [-0.1, -0.05) is 19.4 Å². The van der Waals surface area contributed by atoms with Crippen LogP contribution in [0.1, 0.15) is 57.8 Å². The number of hydrogen-bond acceptors (Lipinski definition) is 5. The van der Waals surface area contributed by atoms with Gasteiger partial charge in [-0.2, -0.15) is 0 Å². The van der Waals surface area contributed by atoms with E-state index in [1.54, 1.807) is 12.1 Å². The van der Waals surface area contributed by atoms with E-state index in [2.05, 4.69) is 5.32 Å². The molecule has 1 atom stereocenters. The van der Waals surface area contributed by atoms with Crippen molar-refractivity contribution in [2.45, 2.75) is 57.9 Å². The molecule has 0 saturated heterocycles. The third-order valence-electron chi connectivity index (χ3n) is 3.50. The van der Waals surface area contributed by atoms with Gasteiger partial charge in [-0.25, -0.2) is 8.42 Å². The van der Waals surface area contributed by atoms with E-state index in [-0.39, 0.29) is 22.8 Å². The van der Waals surface area contributed by atoms with Gasteiger partial charge in [0.15, 0.2) is 9.84 Å². The maximum absolute atomic E-state index is 12.1. The van der Waals surface area contributed by atoms with Crippen molar-refractivity contribution in [3.05, 3.63) is 29.3 Å². The highest BCUT2D eigenvalue weighted by Crippen LogP contribution is 2.25. The van der Waals surface area contributed by atoms with Crippen LogP contribution in [0.15, 0.2) is 18.2 Å². The highest BCUT2D eigenvalue weighted by molar-refractivity contribution is 7.90. The summed E-state index contributed by atoms with van der Waals surface area (Å²) in [5.41, 5.74) is 0.818. The molecule has 0 saturated carbocycles. The van der Waals surface area contributed by atoms with Crippen LogP contribution in [0.25, 0.3) is 0 Å². The van der Waals surface area contributed by atoms with E-state index >= 15 is 0 Å².